The molecule has 0 aromatic heterocycles. The molecule has 1 saturated heterocycles. The normalized spacial score (nSPS) is 24.0. The molecule has 0 aliphatic carbocycles. The summed E-state index contributed by atoms with van der Waals surface area (Å²) in [5.41, 5.74) is 0. The second-order valence-corrected chi connectivity index (χ2v) is 2.54. The summed E-state index contributed by atoms with van der Waals surface area (Å²) in [5, 5.41) is 0. The minimum Gasteiger partial charge on any atom is -0.162 e. The predicted molar refractivity (Wildman–Crippen MR) is 28.7 cm³/mol. The standard InChI is InChI=1S/C4H8S.H2/c1-2-4-5-3-1;/h1-4H2;1H. The highest BCUT2D eigenvalue weighted by Crippen LogP contribution is 2.14. The molecular weight excluding hydrogens is 80.1 g/mol. The van der Waals surface area contributed by atoms with Crippen LogP contribution in [0.25, 0.3) is 0 Å². The fraction of sp³-hybridized carbons (Fsp3) is 1.00. The van der Waals surface area contributed by atoms with Crippen LogP contribution in [0.4, 0.5) is 0 Å². The maximum absolute atomic E-state index is 2.07. The van der Waals surface area contributed by atoms with Crippen molar-refractivity contribution in [1.82, 2.24) is 0 Å². The zero-order chi connectivity index (χ0) is 3.54. The third-order valence-corrected chi connectivity index (χ3v) is 1.98. The fourth-order valence-corrected chi connectivity index (χ4v) is 1.53. The molecule has 0 bridgehead atoms. The van der Waals surface area contributed by atoms with E-state index in [1.165, 1.54) is 24.3 Å². The molecule has 32 valence electrons. The van der Waals surface area contributed by atoms with Gasteiger partial charge in [0.2, 0.25) is 0 Å². The zero-order valence-electron chi connectivity index (χ0n) is 3.24. The summed E-state index contributed by atoms with van der Waals surface area (Å²) in [7, 11) is 0. The van der Waals surface area contributed by atoms with Gasteiger partial charge in [0, 0.05) is 1.43 Å². The van der Waals surface area contributed by atoms with Crippen LogP contribution in [0.3, 0.4) is 0 Å². The maximum atomic E-state index is 2.07. The molecule has 0 unspecified atom stereocenters. The number of hydrogen-bond acceptors (Lipinski definition) is 1. The van der Waals surface area contributed by atoms with Crippen molar-refractivity contribution in [3.8, 4) is 0 Å². The highest BCUT2D eigenvalue weighted by atomic mass is 32.2. The average Bonchev–Trinajstić information content (AvgIpc) is 1.76. The third-order valence-electron chi connectivity index (χ3n) is 0.827. The van der Waals surface area contributed by atoms with Crippen LogP contribution < -0.4 is 0 Å². The van der Waals surface area contributed by atoms with Crippen LogP contribution in [0.15, 0.2) is 0 Å². The van der Waals surface area contributed by atoms with Gasteiger partial charge in [0.15, 0.2) is 0 Å². The van der Waals surface area contributed by atoms with Crippen molar-refractivity contribution in [3.05, 3.63) is 0 Å². The molecule has 1 heterocycles. The first-order chi connectivity index (χ1) is 2.50. The molecule has 1 heteroatoms. The van der Waals surface area contributed by atoms with Gasteiger partial charge in [-0.3, -0.25) is 0 Å². The molecule has 0 spiro atoms. The minimum absolute atomic E-state index is 0. The summed E-state index contributed by atoms with van der Waals surface area (Å²) in [6, 6.07) is 0. The monoisotopic (exact) mass is 90.1 g/mol. The van der Waals surface area contributed by atoms with Gasteiger partial charge < -0.3 is 0 Å². The van der Waals surface area contributed by atoms with Gasteiger partial charge in [0.05, 0.1) is 0 Å². The first-order valence-corrected chi connectivity index (χ1v) is 3.23. The molecule has 1 rings (SSSR count). The lowest BCUT2D eigenvalue weighted by atomic mass is 10.4. The molecule has 1 aliphatic heterocycles. The van der Waals surface area contributed by atoms with E-state index in [1.807, 2.05) is 0 Å². The molecule has 1 aliphatic rings. The number of rotatable bonds is 0. The van der Waals surface area contributed by atoms with E-state index < -0.39 is 0 Å². The Morgan fingerprint density at radius 2 is 1.80 bits per heavy atom. The molecular formula is C4H10S. The summed E-state index contributed by atoms with van der Waals surface area (Å²) < 4.78 is 0. The van der Waals surface area contributed by atoms with Crippen molar-refractivity contribution in [2.75, 3.05) is 11.5 Å². The fourth-order valence-electron chi connectivity index (χ4n) is 0.510. The van der Waals surface area contributed by atoms with Gasteiger partial charge in [-0.15, -0.1) is 0 Å². The van der Waals surface area contributed by atoms with Crippen molar-refractivity contribution in [2.24, 2.45) is 0 Å². The van der Waals surface area contributed by atoms with E-state index in [1.54, 1.807) is 0 Å². The van der Waals surface area contributed by atoms with Gasteiger partial charge in [0.25, 0.3) is 0 Å². The summed E-state index contributed by atoms with van der Waals surface area (Å²) in [5.74, 6) is 2.83. The topological polar surface area (TPSA) is 0 Å². The van der Waals surface area contributed by atoms with Gasteiger partial charge >= 0.3 is 0 Å². The van der Waals surface area contributed by atoms with Gasteiger partial charge in [-0.1, -0.05) is 0 Å². The highest BCUT2D eigenvalue weighted by molar-refractivity contribution is 7.99. The summed E-state index contributed by atoms with van der Waals surface area (Å²) >= 11 is 2.07. The molecule has 0 aromatic carbocycles. The molecule has 0 nitrogen and oxygen atoms in total. The van der Waals surface area contributed by atoms with Gasteiger partial charge in [0.1, 0.15) is 0 Å². The Morgan fingerprint density at radius 1 is 1.20 bits per heavy atom. The smallest absolute Gasteiger partial charge is 0 e. The lowest BCUT2D eigenvalue weighted by molar-refractivity contribution is 0.949. The first kappa shape index (κ1) is 3.54. The SMILES string of the molecule is C1CCSC1.[HH]. The van der Waals surface area contributed by atoms with E-state index in [0.717, 1.165) is 0 Å². The lowest BCUT2D eigenvalue weighted by Crippen LogP contribution is -1.58. The highest BCUT2D eigenvalue weighted by Gasteiger charge is 1.95. The van der Waals surface area contributed by atoms with E-state index in [4.69, 9.17) is 0 Å². The summed E-state index contributed by atoms with van der Waals surface area (Å²) in [4.78, 5) is 0. The Labute approximate surface area is 38.4 Å². The van der Waals surface area contributed by atoms with Crippen molar-refractivity contribution in [1.29, 1.82) is 0 Å². The van der Waals surface area contributed by atoms with Crippen LogP contribution >= 0.6 is 11.8 Å². The molecule has 0 saturated carbocycles. The molecule has 0 radical (unpaired) electrons. The Bertz CT molecular complexity index is 19.1. The average molecular weight is 90.2 g/mol. The first-order valence-electron chi connectivity index (χ1n) is 2.08. The molecule has 1 fully saturated rings. The van der Waals surface area contributed by atoms with Crippen LogP contribution in [-0.4, -0.2) is 11.5 Å². The van der Waals surface area contributed by atoms with Gasteiger partial charge in [-0.05, 0) is 24.3 Å². The zero-order valence-corrected chi connectivity index (χ0v) is 4.05. The van der Waals surface area contributed by atoms with Crippen molar-refractivity contribution in [2.45, 2.75) is 12.8 Å². The van der Waals surface area contributed by atoms with Crippen LogP contribution in [0.1, 0.15) is 14.3 Å². The van der Waals surface area contributed by atoms with Crippen LogP contribution in [0, 0.1) is 0 Å². The minimum atomic E-state index is 0. The van der Waals surface area contributed by atoms with Gasteiger partial charge in [-0.2, -0.15) is 11.8 Å². The largest absolute Gasteiger partial charge is 0.162 e. The van der Waals surface area contributed by atoms with E-state index in [2.05, 4.69) is 11.8 Å². The van der Waals surface area contributed by atoms with Crippen LogP contribution in [-0.2, 0) is 0 Å². The number of hydrogen-bond donors (Lipinski definition) is 0. The van der Waals surface area contributed by atoms with Crippen molar-refractivity contribution < 1.29 is 1.43 Å². The Kier molecular flexibility index (Phi) is 1.21. The Morgan fingerprint density at radius 3 is 2.00 bits per heavy atom. The van der Waals surface area contributed by atoms with E-state index >= 15 is 0 Å². The molecule has 5 heavy (non-hydrogen) atoms. The quantitative estimate of drug-likeness (QED) is 0.436. The molecule has 0 atom stereocenters. The second kappa shape index (κ2) is 1.71. The molecule has 0 amide bonds. The lowest BCUT2D eigenvalue weighted by Gasteiger charge is -1.69. The maximum Gasteiger partial charge on any atom is 0 e. The van der Waals surface area contributed by atoms with Gasteiger partial charge in [-0.25, -0.2) is 0 Å². The predicted octanol–water partition coefficient (Wildman–Crippen LogP) is 1.76. The Balaban J connectivity index is 0.000000250. The van der Waals surface area contributed by atoms with E-state index in [9.17, 15) is 0 Å². The molecule has 0 aromatic rings. The Hall–Kier alpha value is 0.350. The van der Waals surface area contributed by atoms with E-state index in [0.29, 0.717) is 0 Å². The van der Waals surface area contributed by atoms with E-state index in [-0.39, 0.29) is 1.43 Å². The summed E-state index contributed by atoms with van der Waals surface area (Å²) in [6.45, 7) is 0. The van der Waals surface area contributed by atoms with Crippen LogP contribution in [0.5, 0.6) is 0 Å². The van der Waals surface area contributed by atoms with Crippen molar-refractivity contribution >= 4 is 11.8 Å². The summed E-state index contributed by atoms with van der Waals surface area (Å²) in [6.07, 6.45) is 2.93. The van der Waals surface area contributed by atoms with Crippen molar-refractivity contribution in [3.63, 3.8) is 0 Å². The van der Waals surface area contributed by atoms with Crippen LogP contribution in [0.2, 0.25) is 0 Å². The number of thioether (sulfide) groups is 1. The molecule has 0 N–H and O–H groups in total. The third kappa shape index (κ3) is 0.839. The second-order valence-electron chi connectivity index (χ2n) is 1.32.